The quantitative estimate of drug-likeness (QED) is 0.611. The zero-order valence-corrected chi connectivity index (χ0v) is 9.29. The number of hydrogen-bond acceptors (Lipinski definition) is 2. The van der Waals surface area contributed by atoms with Crippen LogP contribution in [0.2, 0.25) is 0 Å². The first kappa shape index (κ1) is 8.86. The summed E-state index contributed by atoms with van der Waals surface area (Å²) in [6.45, 7) is 0. The summed E-state index contributed by atoms with van der Waals surface area (Å²) in [6, 6.07) is 17.0. The number of hydrogen-bond donors (Lipinski definition) is 0. The van der Waals surface area contributed by atoms with Gasteiger partial charge in [-0.15, -0.1) is 0 Å². The molecule has 15 heavy (non-hydrogen) atoms. The van der Waals surface area contributed by atoms with Gasteiger partial charge in [-0.2, -0.15) is 0 Å². The molecule has 0 amide bonds. The highest BCUT2D eigenvalue weighted by Crippen LogP contribution is 2.46. The molecule has 0 saturated heterocycles. The molecule has 0 spiro atoms. The van der Waals surface area contributed by atoms with Gasteiger partial charge in [-0.1, -0.05) is 36.0 Å². The lowest BCUT2D eigenvalue weighted by atomic mass is 10.3. The molecular weight excluding hydrogens is 203 g/mol. The third kappa shape index (κ3) is 1.33. The molecule has 1 aliphatic heterocycles. The largest absolute Gasteiger partial charge is 0.343 e. The van der Waals surface area contributed by atoms with Gasteiger partial charge in [0.25, 0.3) is 0 Å². The molecule has 0 fully saturated rings. The molecule has 2 aromatic rings. The lowest BCUT2D eigenvalue weighted by molar-refractivity contribution is 1.11. The summed E-state index contributed by atoms with van der Waals surface area (Å²) in [4.78, 5) is 4.92. The molecule has 2 heteroatoms. The van der Waals surface area contributed by atoms with E-state index in [9.17, 15) is 0 Å². The van der Waals surface area contributed by atoms with Gasteiger partial charge in [0.1, 0.15) is 0 Å². The number of fused-ring (bicyclic) bond motifs is 2. The van der Waals surface area contributed by atoms with Gasteiger partial charge in [-0.25, -0.2) is 0 Å². The van der Waals surface area contributed by atoms with Crippen LogP contribution in [-0.2, 0) is 0 Å². The van der Waals surface area contributed by atoms with Crippen molar-refractivity contribution in [3.05, 3.63) is 48.5 Å². The summed E-state index contributed by atoms with van der Waals surface area (Å²) in [5.41, 5.74) is 2.59. The lowest BCUT2D eigenvalue weighted by Gasteiger charge is -2.29. The van der Waals surface area contributed by atoms with E-state index in [1.54, 1.807) is 0 Å². The maximum absolute atomic E-state index is 2.25. The first-order valence-electron chi connectivity index (χ1n) is 4.96. The number of nitrogens with zero attached hydrogens (tertiary/aromatic N) is 1. The Labute approximate surface area is 93.7 Å². The Bertz CT molecular complexity index is 462. The predicted molar refractivity (Wildman–Crippen MR) is 65.1 cm³/mol. The highest BCUT2D eigenvalue weighted by molar-refractivity contribution is 7.99. The predicted octanol–water partition coefficient (Wildman–Crippen LogP) is 3.92. The minimum absolute atomic E-state index is 1.29. The van der Waals surface area contributed by atoms with Crippen molar-refractivity contribution in [1.29, 1.82) is 0 Å². The molecule has 0 saturated carbocycles. The molecule has 2 aromatic carbocycles. The highest BCUT2D eigenvalue weighted by Gasteiger charge is 2.18. The van der Waals surface area contributed by atoms with Gasteiger partial charge in [0, 0.05) is 16.8 Å². The molecule has 1 aliphatic rings. The van der Waals surface area contributed by atoms with Crippen molar-refractivity contribution in [2.45, 2.75) is 9.79 Å². The number of anilines is 2. The van der Waals surface area contributed by atoms with Crippen LogP contribution in [0, 0.1) is 0 Å². The van der Waals surface area contributed by atoms with Gasteiger partial charge in [-0.3, -0.25) is 0 Å². The molecule has 0 aromatic heterocycles. The Balaban J connectivity index is 2.20. The van der Waals surface area contributed by atoms with Crippen molar-refractivity contribution in [2.75, 3.05) is 11.9 Å². The average molecular weight is 214 g/mol. The van der Waals surface area contributed by atoms with Crippen LogP contribution in [0.1, 0.15) is 0 Å². The fourth-order valence-corrected chi connectivity index (χ4v) is 3.04. The Morgan fingerprint density at radius 3 is 1.80 bits per heavy atom. The van der Waals surface area contributed by atoms with Crippen LogP contribution in [-0.4, -0.2) is 7.05 Å². The fraction of sp³-hybridized carbons (Fsp3) is 0.0769. The Morgan fingerprint density at radius 2 is 1.27 bits per heavy atom. The van der Waals surface area contributed by atoms with E-state index in [-0.39, 0.29) is 0 Å². The van der Waals surface area contributed by atoms with Crippen molar-refractivity contribution in [3.63, 3.8) is 0 Å². The van der Waals surface area contributed by atoms with E-state index in [1.165, 1.54) is 21.2 Å². The number of rotatable bonds is 0. The van der Waals surface area contributed by atoms with Crippen molar-refractivity contribution in [1.82, 2.24) is 0 Å². The molecule has 1 heterocycles. The fourth-order valence-electron chi connectivity index (χ4n) is 1.89. The maximum atomic E-state index is 2.25. The van der Waals surface area contributed by atoms with Gasteiger partial charge in [-0.05, 0) is 24.3 Å². The van der Waals surface area contributed by atoms with E-state index in [4.69, 9.17) is 0 Å². The van der Waals surface area contributed by atoms with Gasteiger partial charge in [0.05, 0.1) is 11.4 Å². The third-order valence-corrected chi connectivity index (χ3v) is 3.80. The van der Waals surface area contributed by atoms with Crippen LogP contribution in [0.5, 0.6) is 0 Å². The zero-order valence-electron chi connectivity index (χ0n) is 8.47. The van der Waals surface area contributed by atoms with Crippen LogP contribution in [0.25, 0.3) is 0 Å². The van der Waals surface area contributed by atoms with Crippen molar-refractivity contribution in [3.8, 4) is 0 Å². The van der Waals surface area contributed by atoms with E-state index < -0.39 is 0 Å². The summed E-state index contributed by atoms with van der Waals surface area (Å²) in [6.07, 6.45) is 0. The maximum Gasteiger partial charge on any atom is 0.0550 e. The first-order chi connectivity index (χ1) is 7.36. The van der Waals surface area contributed by atoms with Gasteiger partial charge in [0.15, 0.2) is 0 Å². The molecule has 0 radical (unpaired) electrons. The molecule has 0 atom stereocenters. The topological polar surface area (TPSA) is 3.24 Å². The Kier molecular flexibility index (Phi) is 1.96. The van der Waals surface area contributed by atoms with Crippen molar-refractivity contribution >= 4 is 23.1 Å². The van der Waals surface area contributed by atoms with E-state index in [0.717, 1.165) is 0 Å². The minimum Gasteiger partial charge on any atom is -0.343 e. The van der Waals surface area contributed by atoms with Crippen LogP contribution < -0.4 is 4.90 Å². The summed E-state index contributed by atoms with van der Waals surface area (Å²) >= 11 is 1.84. The highest BCUT2D eigenvalue weighted by atomic mass is 32.2. The second-order valence-corrected chi connectivity index (χ2v) is 4.68. The normalized spacial score (nSPS) is 13.3. The zero-order chi connectivity index (χ0) is 10.3. The van der Waals surface area contributed by atoms with E-state index in [0.29, 0.717) is 0 Å². The van der Waals surface area contributed by atoms with Gasteiger partial charge >= 0.3 is 0 Å². The average Bonchev–Trinajstić information content (AvgIpc) is 2.30. The van der Waals surface area contributed by atoms with E-state index >= 15 is 0 Å². The van der Waals surface area contributed by atoms with Crippen LogP contribution in [0.4, 0.5) is 11.4 Å². The molecular formula is C13H11NS. The second kappa shape index (κ2) is 3.31. The molecule has 3 rings (SSSR count). The number of para-hydroxylation sites is 2. The third-order valence-electron chi connectivity index (χ3n) is 2.67. The van der Waals surface area contributed by atoms with Crippen LogP contribution >= 0.6 is 11.8 Å². The van der Waals surface area contributed by atoms with Crippen LogP contribution in [0.15, 0.2) is 58.3 Å². The molecule has 1 nitrogen and oxygen atoms in total. The second-order valence-electron chi connectivity index (χ2n) is 3.60. The summed E-state index contributed by atoms with van der Waals surface area (Å²) in [5.74, 6) is 0. The lowest BCUT2D eigenvalue weighted by Crippen LogP contribution is -2.14. The smallest absolute Gasteiger partial charge is 0.0550 e. The molecule has 0 aliphatic carbocycles. The number of benzene rings is 2. The van der Waals surface area contributed by atoms with Gasteiger partial charge < -0.3 is 4.90 Å². The van der Waals surface area contributed by atoms with E-state index in [2.05, 4.69) is 60.5 Å². The monoisotopic (exact) mass is 214 g/mol. The Morgan fingerprint density at radius 1 is 0.800 bits per heavy atom. The minimum atomic E-state index is 1.29. The van der Waals surface area contributed by atoms with Crippen molar-refractivity contribution < 1.29 is 0 Å². The standard InChI is InChI=1S/C13H11NS/c1-14-10-6-2-4-8-12(10)15-13-9-5-3-7-11(13)14/h2-9H,1H3/i14+1. The summed E-state index contributed by atoms with van der Waals surface area (Å²) in [5, 5.41) is 0. The Hall–Kier alpha value is -1.41. The first-order valence-corrected chi connectivity index (χ1v) is 5.77. The molecule has 0 unspecified atom stereocenters. The molecule has 0 bridgehead atoms. The van der Waals surface area contributed by atoms with Crippen LogP contribution in [0.3, 0.4) is 0 Å². The van der Waals surface area contributed by atoms with E-state index in [1.807, 2.05) is 11.8 Å². The molecule has 74 valence electrons. The SMILES string of the molecule is C[15N]1c2ccccc2Sc2ccccc21. The van der Waals surface area contributed by atoms with Gasteiger partial charge in [0.2, 0.25) is 0 Å². The summed E-state index contributed by atoms with van der Waals surface area (Å²) in [7, 11) is 2.12. The summed E-state index contributed by atoms with van der Waals surface area (Å²) < 4.78 is 0. The molecule has 0 N–H and O–H groups in total. The van der Waals surface area contributed by atoms with Crippen molar-refractivity contribution in [2.24, 2.45) is 0 Å².